The van der Waals surface area contributed by atoms with Crippen LogP contribution >= 0.6 is 0 Å². The maximum Gasteiger partial charge on any atom is 0.0463 e. The minimum absolute atomic E-state index is 0.134. The first kappa shape index (κ1) is 21.2. The number of benzene rings is 4. The van der Waals surface area contributed by atoms with Gasteiger partial charge in [-0.05, 0) is 69.8 Å². The van der Waals surface area contributed by atoms with E-state index in [2.05, 4.69) is 110 Å². The molecule has 0 aliphatic heterocycles. The molecule has 4 aromatic rings. The summed E-state index contributed by atoms with van der Waals surface area (Å²) in [6, 6.07) is 35.8. The molecule has 0 heterocycles. The third-order valence-electron chi connectivity index (χ3n) is 7.11. The van der Waals surface area contributed by atoms with Crippen LogP contribution in [0.3, 0.4) is 0 Å². The summed E-state index contributed by atoms with van der Waals surface area (Å²) in [5.41, 5.74) is 10.5. The van der Waals surface area contributed by atoms with Crippen molar-refractivity contribution in [3.8, 4) is 22.3 Å². The first-order valence-electron chi connectivity index (χ1n) is 11.9. The van der Waals surface area contributed by atoms with Crippen molar-refractivity contribution >= 4 is 6.08 Å². The molecular formula is C33H30. The summed E-state index contributed by atoms with van der Waals surface area (Å²) >= 11 is 0. The fourth-order valence-electron chi connectivity index (χ4n) is 5.48. The lowest BCUT2D eigenvalue weighted by Gasteiger charge is -2.33. The molecule has 0 nitrogen and oxygen atoms in total. The van der Waals surface area contributed by atoms with E-state index >= 15 is 0 Å². The predicted molar refractivity (Wildman–Crippen MR) is 142 cm³/mol. The lowest BCUT2D eigenvalue weighted by Crippen LogP contribution is -2.27. The quantitative estimate of drug-likeness (QED) is 0.195. The molecule has 0 amide bonds. The zero-order valence-electron chi connectivity index (χ0n) is 19.1. The Bertz CT molecular complexity index is 1280. The second-order valence-corrected chi connectivity index (χ2v) is 8.94. The van der Waals surface area contributed by atoms with Crippen LogP contribution in [0.15, 0.2) is 116 Å². The Hall–Kier alpha value is -3.64. The van der Waals surface area contributed by atoms with Crippen LogP contribution in [0, 0.1) is 0 Å². The van der Waals surface area contributed by atoms with Crippen molar-refractivity contribution < 1.29 is 0 Å². The molecule has 0 radical (unpaired) electrons. The molecule has 0 fully saturated rings. The van der Waals surface area contributed by atoms with Gasteiger partial charge >= 0.3 is 0 Å². The molecule has 1 atom stereocenters. The molecule has 0 N–H and O–H groups in total. The highest BCUT2D eigenvalue weighted by molar-refractivity contribution is 5.86. The van der Waals surface area contributed by atoms with Gasteiger partial charge < -0.3 is 0 Å². The van der Waals surface area contributed by atoms with E-state index in [1.807, 2.05) is 12.2 Å². The minimum Gasteiger partial charge on any atom is -0.103 e. The van der Waals surface area contributed by atoms with Gasteiger partial charge in [0.05, 0.1) is 0 Å². The van der Waals surface area contributed by atoms with Gasteiger partial charge in [0.1, 0.15) is 0 Å². The number of fused-ring (bicyclic) bond motifs is 3. The van der Waals surface area contributed by atoms with E-state index in [0.29, 0.717) is 0 Å². The molecule has 0 heteroatoms. The molecule has 1 aliphatic rings. The lowest BCUT2D eigenvalue weighted by atomic mass is 9.69. The van der Waals surface area contributed by atoms with Crippen LogP contribution in [0.2, 0.25) is 0 Å². The average molecular weight is 427 g/mol. The van der Waals surface area contributed by atoms with E-state index < -0.39 is 0 Å². The highest BCUT2D eigenvalue weighted by Gasteiger charge is 2.44. The highest BCUT2D eigenvalue weighted by Crippen LogP contribution is 2.55. The molecule has 5 rings (SSSR count). The second kappa shape index (κ2) is 9.08. The zero-order valence-corrected chi connectivity index (χ0v) is 19.1. The number of unbranched alkanes of at least 4 members (excludes halogenated alkanes) is 2. The summed E-state index contributed by atoms with van der Waals surface area (Å²) in [6.07, 6.45) is 8.41. The van der Waals surface area contributed by atoms with Crippen LogP contribution in [0.25, 0.3) is 28.3 Å². The van der Waals surface area contributed by atoms with Gasteiger partial charge in [0.25, 0.3) is 0 Å². The van der Waals surface area contributed by atoms with Crippen molar-refractivity contribution in [2.45, 2.75) is 31.1 Å². The van der Waals surface area contributed by atoms with Crippen molar-refractivity contribution in [1.29, 1.82) is 0 Å². The largest absolute Gasteiger partial charge is 0.103 e. The molecular weight excluding hydrogens is 396 g/mol. The molecule has 1 unspecified atom stereocenters. The third kappa shape index (κ3) is 3.66. The van der Waals surface area contributed by atoms with Crippen molar-refractivity contribution in [3.63, 3.8) is 0 Å². The van der Waals surface area contributed by atoms with Crippen molar-refractivity contribution in [2.24, 2.45) is 0 Å². The van der Waals surface area contributed by atoms with E-state index in [1.165, 1.54) is 38.9 Å². The van der Waals surface area contributed by atoms with Gasteiger partial charge in [-0.1, -0.05) is 116 Å². The monoisotopic (exact) mass is 426 g/mol. The van der Waals surface area contributed by atoms with Crippen LogP contribution in [-0.4, -0.2) is 0 Å². The topological polar surface area (TPSA) is 0 Å². The smallest absolute Gasteiger partial charge is 0.0463 e. The van der Waals surface area contributed by atoms with E-state index in [-0.39, 0.29) is 5.41 Å². The summed E-state index contributed by atoms with van der Waals surface area (Å²) in [4.78, 5) is 0. The molecule has 0 spiro atoms. The first-order chi connectivity index (χ1) is 16.3. The molecule has 162 valence electrons. The van der Waals surface area contributed by atoms with E-state index in [9.17, 15) is 0 Å². The highest BCUT2D eigenvalue weighted by atomic mass is 14.5. The Balaban J connectivity index is 1.71. The first-order valence-corrected chi connectivity index (χ1v) is 11.9. The standard InChI is InChI=1S/C33H30/c1-3-5-6-12-23-33(28-13-8-7-9-14-28)31-16-11-10-15-29(31)30-22-21-27(24-32(30)33)26-19-17-25(4-2)18-20-26/h3-4,7-11,13-22,24H,1-2,5-6,12,23H2. The van der Waals surface area contributed by atoms with Gasteiger partial charge in [-0.3, -0.25) is 0 Å². The summed E-state index contributed by atoms with van der Waals surface area (Å²) in [6.45, 7) is 7.82. The molecule has 0 saturated heterocycles. The van der Waals surface area contributed by atoms with E-state index in [4.69, 9.17) is 0 Å². The van der Waals surface area contributed by atoms with Gasteiger partial charge in [-0.25, -0.2) is 0 Å². The lowest BCUT2D eigenvalue weighted by molar-refractivity contribution is 0.530. The molecule has 0 saturated carbocycles. The van der Waals surface area contributed by atoms with Gasteiger partial charge in [0.2, 0.25) is 0 Å². The van der Waals surface area contributed by atoms with Crippen molar-refractivity contribution in [1.82, 2.24) is 0 Å². The fraction of sp³-hybridized carbons (Fsp3) is 0.152. The van der Waals surface area contributed by atoms with Crippen LogP contribution in [0.4, 0.5) is 0 Å². The molecule has 4 aromatic carbocycles. The summed E-state index contributed by atoms with van der Waals surface area (Å²) < 4.78 is 0. The van der Waals surface area contributed by atoms with Crippen LogP contribution in [0.1, 0.15) is 47.9 Å². The van der Waals surface area contributed by atoms with Crippen LogP contribution in [-0.2, 0) is 5.41 Å². The number of rotatable bonds is 8. The normalized spacial score (nSPS) is 16.1. The van der Waals surface area contributed by atoms with Gasteiger partial charge in [0, 0.05) is 5.41 Å². The molecule has 0 bridgehead atoms. The second-order valence-electron chi connectivity index (χ2n) is 8.94. The minimum atomic E-state index is -0.134. The SMILES string of the molecule is C=CCCCCC1(c2ccccc2)c2ccccc2-c2ccc(-c3ccc(C=C)cc3)cc21. The average Bonchev–Trinajstić information content (AvgIpc) is 3.17. The Morgan fingerprint density at radius 2 is 1.33 bits per heavy atom. The molecule has 33 heavy (non-hydrogen) atoms. The van der Waals surface area contributed by atoms with Gasteiger partial charge in [0.15, 0.2) is 0 Å². The summed E-state index contributed by atoms with van der Waals surface area (Å²) in [5.74, 6) is 0. The van der Waals surface area contributed by atoms with Gasteiger partial charge in [-0.2, -0.15) is 0 Å². The molecule has 1 aliphatic carbocycles. The van der Waals surface area contributed by atoms with Crippen LogP contribution in [0.5, 0.6) is 0 Å². The Morgan fingerprint density at radius 1 is 0.636 bits per heavy atom. The van der Waals surface area contributed by atoms with Crippen LogP contribution < -0.4 is 0 Å². The number of hydrogen-bond acceptors (Lipinski definition) is 0. The molecule has 0 aromatic heterocycles. The van der Waals surface area contributed by atoms with E-state index in [0.717, 1.165) is 31.2 Å². The van der Waals surface area contributed by atoms with Gasteiger partial charge in [-0.15, -0.1) is 6.58 Å². The fourth-order valence-corrected chi connectivity index (χ4v) is 5.48. The maximum atomic E-state index is 3.93. The number of allylic oxidation sites excluding steroid dienone is 1. The Labute approximate surface area is 198 Å². The van der Waals surface area contributed by atoms with Crippen molar-refractivity contribution in [3.05, 3.63) is 139 Å². The van der Waals surface area contributed by atoms with Crippen molar-refractivity contribution in [2.75, 3.05) is 0 Å². The zero-order chi connectivity index (χ0) is 22.7. The summed E-state index contributed by atoms with van der Waals surface area (Å²) in [7, 11) is 0. The summed E-state index contributed by atoms with van der Waals surface area (Å²) in [5, 5.41) is 0. The van der Waals surface area contributed by atoms with E-state index in [1.54, 1.807) is 0 Å². The predicted octanol–water partition coefficient (Wildman–Crippen LogP) is 9.06. The Kier molecular flexibility index (Phi) is 5.84. The Morgan fingerprint density at radius 3 is 2.09 bits per heavy atom. The number of hydrogen-bond donors (Lipinski definition) is 0. The third-order valence-corrected chi connectivity index (χ3v) is 7.11. The maximum absolute atomic E-state index is 3.93.